The lowest BCUT2D eigenvalue weighted by atomic mass is 9.92. The van der Waals surface area contributed by atoms with E-state index in [4.69, 9.17) is 9.47 Å². The molecule has 1 aliphatic rings. The van der Waals surface area contributed by atoms with Crippen molar-refractivity contribution in [2.45, 2.75) is 12.5 Å². The fraction of sp³-hybridized carbons (Fsp3) is 0.188. The predicted molar refractivity (Wildman–Crippen MR) is 82.0 cm³/mol. The molecule has 1 aromatic heterocycles. The van der Waals surface area contributed by atoms with Gasteiger partial charge in [-0.15, -0.1) is 11.3 Å². The number of carbonyl (C=O) groups is 1. The normalized spacial score (nSPS) is 21.1. The van der Waals surface area contributed by atoms with Gasteiger partial charge in [0.05, 0.1) is 7.11 Å². The molecule has 1 aliphatic heterocycles. The van der Waals surface area contributed by atoms with E-state index in [9.17, 15) is 15.0 Å². The van der Waals surface area contributed by atoms with Crippen LogP contribution in [0.5, 0.6) is 5.75 Å². The van der Waals surface area contributed by atoms with Gasteiger partial charge in [-0.2, -0.15) is 0 Å². The number of benzene rings is 1. The number of rotatable bonds is 3. The third kappa shape index (κ3) is 2.12. The lowest BCUT2D eigenvalue weighted by Crippen LogP contribution is -2.25. The van der Waals surface area contributed by atoms with E-state index in [1.807, 2.05) is 23.6 Å². The van der Waals surface area contributed by atoms with E-state index in [0.717, 1.165) is 16.2 Å². The number of carbonyl (C=O) groups excluding carboxylic acids is 1. The molecule has 0 aliphatic carbocycles. The maximum Gasteiger partial charge on any atom is 0.378 e. The van der Waals surface area contributed by atoms with Gasteiger partial charge in [-0.05, 0) is 24.6 Å². The first-order valence-corrected chi connectivity index (χ1v) is 7.43. The van der Waals surface area contributed by atoms with Crippen LogP contribution in [0.15, 0.2) is 47.2 Å². The monoisotopic (exact) mass is 318 g/mol. The van der Waals surface area contributed by atoms with Crippen LogP contribution in [-0.2, 0) is 15.1 Å². The van der Waals surface area contributed by atoms with Crippen LogP contribution in [0.1, 0.15) is 12.5 Å². The summed E-state index contributed by atoms with van der Waals surface area (Å²) in [7, 11) is 1.60. The summed E-state index contributed by atoms with van der Waals surface area (Å²) in [5.41, 5.74) is 0.105. The molecule has 0 fully saturated rings. The van der Waals surface area contributed by atoms with Gasteiger partial charge in [-0.1, -0.05) is 18.2 Å². The van der Waals surface area contributed by atoms with Crippen LogP contribution < -0.4 is 4.74 Å². The van der Waals surface area contributed by atoms with E-state index < -0.39 is 23.1 Å². The van der Waals surface area contributed by atoms with Gasteiger partial charge in [0.2, 0.25) is 5.76 Å². The van der Waals surface area contributed by atoms with Crippen LogP contribution in [0.25, 0.3) is 10.4 Å². The number of hydrogen-bond donors (Lipinski definition) is 2. The Hall–Kier alpha value is -2.47. The van der Waals surface area contributed by atoms with Crippen molar-refractivity contribution >= 4 is 17.3 Å². The molecular weight excluding hydrogens is 304 g/mol. The zero-order chi connectivity index (χ0) is 15.9. The lowest BCUT2D eigenvalue weighted by Gasteiger charge is -2.23. The summed E-state index contributed by atoms with van der Waals surface area (Å²) in [5, 5.41) is 21.4. The molecule has 1 unspecified atom stereocenters. The van der Waals surface area contributed by atoms with E-state index in [1.54, 1.807) is 19.2 Å². The van der Waals surface area contributed by atoms with E-state index in [1.165, 1.54) is 18.3 Å². The molecule has 3 rings (SSSR count). The van der Waals surface area contributed by atoms with Crippen LogP contribution in [0.3, 0.4) is 0 Å². The second kappa shape index (κ2) is 5.06. The van der Waals surface area contributed by atoms with Crippen LogP contribution in [-0.4, -0.2) is 23.3 Å². The van der Waals surface area contributed by atoms with Crippen molar-refractivity contribution < 1.29 is 24.5 Å². The zero-order valence-electron chi connectivity index (χ0n) is 12.0. The van der Waals surface area contributed by atoms with E-state index in [2.05, 4.69) is 0 Å². The maximum atomic E-state index is 11.5. The first kappa shape index (κ1) is 14.5. The third-order valence-corrected chi connectivity index (χ3v) is 4.63. The molecule has 2 N–H and O–H groups in total. The minimum atomic E-state index is -1.38. The number of esters is 1. The highest BCUT2D eigenvalue weighted by atomic mass is 32.1. The SMILES string of the molecule is COc1csc(-c2cccc(C3(C)OC(=O)C(O)=C3O)c2)c1. The summed E-state index contributed by atoms with van der Waals surface area (Å²) in [5.74, 6) is -1.38. The fourth-order valence-electron chi connectivity index (χ4n) is 2.35. The number of methoxy groups -OCH3 is 1. The Balaban J connectivity index is 2.04. The molecule has 114 valence electrons. The summed E-state index contributed by atoms with van der Waals surface area (Å²) in [6.45, 7) is 1.54. The smallest absolute Gasteiger partial charge is 0.378 e. The van der Waals surface area contributed by atoms with E-state index >= 15 is 0 Å². The molecule has 0 saturated carbocycles. The number of cyclic esters (lactones) is 1. The Bertz CT molecular complexity index is 776. The standard InChI is InChI=1S/C16H14O5S/c1-16(14(18)13(17)15(19)21-16)10-5-3-4-9(6-10)12-7-11(20-2)8-22-12/h3-8,17-18H,1-2H3. The molecule has 5 nitrogen and oxygen atoms in total. The number of thiophene rings is 1. The average molecular weight is 318 g/mol. The molecule has 0 bridgehead atoms. The quantitative estimate of drug-likeness (QED) is 0.847. The minimum Gasteiger partial charge on any atom is -0.505 e. The van der Waals surface area contributed by atoms with Crippen LogP contribution in [0.4, 0.5) is 0 Å². The van der Waals surface area contributed by atoms with Crippen molar-refractivity contribution in [3.8, 4) is 16.2 Å². The molecule has 6 heteroatoms. The second-order valence-electron chi connectivity index (χ2n) is 5.05. The highest BCUT2D eigenvalue weighted by molar-refractivity contribution is 7.13. The summed E-state index contributed by atoms with van der Waals surface area (Å²) >= 11 is 1.52. The minimum absolute atomic E-state index is 0.474. The average Bonchev–Trinajstić information content (AvgIpc) is 3.08. The molecule has 2 aromatic rings. The Morgan fingerprint density at radius 2 is 2.05 bits per heavy atom. The van der Waals surface area contributed by atoms with Gasteiger partial charge in [0.25, 0.3) is 0 Å². The fourth-order valence-corrected chi connectivity index (χ4v) is 3.20. The summed E-state index contributed by atoms with van der Waals surface area (Å²) in [4.78, 5) is 12.5. The van der Waals surface area contributed by atoms with Gasteiger partial charge in [0.1, 0.15) is 5.75 Å². The summed E-state index contributed by atoms with van der Waals surface area (Å²) in [6.07, 6.45) is 0. The third-order valence-electron chi connectivity index (χ3n) is 3.68. The molecule has 22 heavy (non-hydrogen) atoms. The van der Waals surface area contributed by atoms with Crippen molar-refractivity contribution in [1.29, 1.82) is 0 Å². The zero-order valence-corrected chi connectivity index (χ0v) is 12.8. The number of hydrogen-bond acceptors (Lipinski definition) is 6. The van der Waals surface area contributed by atoms with Gasteiger partial charge < -0.3 is 19.7 Å². The molecular formula is C16H14O5S. The molecule has 2 heterocycles. The van der Waals surface area contributed by atoms with Crippen LogP contribution >= 0.6 is 11.3 Å². The van der Waals surface area contributed by atoms with Gasteiger partial charge in [-0.25, -0.2) is 4.79 Å². The number of aliphatic hydroxyl groups excluding tert-OH is 2. The van der Waals surface area contributed by atoms with Crippen molar-refractivity contribution in [2.24, 2.45) is 0 Å². The Morgan fingerprint density at radius 3 is 2.64 bits per heavy atom. The van der Waals surface area contributed by atoms with Crippen molar-refractivity contribution in [2.75, 3.05) is 7.11 Å². The molecule has 0 radical (unpaired) electrons. The summed E-state index contributed by atoms with van der Waals surface area (Å²) in [6, 6.07) is 9.16. The molecule has 0 amide bonds. The first-order chi connectivity index (χ1) is 10.5. The molecule has 0 spiro atoms. The van der Waals surface area contributed by atoms with Crippen LogP contribution in [0, 0.1) is 0 Å². The topological polar surface area (TPSA) is 76.0 Å². The van der Waals surface area contributed by atoms with Crippen molar-refractivity contribution in [1.82, 2.24) is 0 Å². The van der Waals surface area contributed by atoms with Gasteiger partial charge >= 0.3 is 5.97 Å². The van der Waals surface area contributed by atoms with E-state index in [0.29, 0.717) is 5.56 Å². The number of aliphatic hydroxyl groups is 2. The van der Waals surface area contributed by atoms with Crippen molar-refractivity contribution in [3.05, 3.63) is 52.8 Å². The van der Waals surface area contributed by atoms with Gasteiger partial charge in [0, 0.05) is 15.8 Å². The summed E-state index contributed by atoms with van der Waals surface area (Å²) < 4.78 is 10.3. The number of ether oxygens (including phenoxy) is 2. The van der Waals surface area contributed by atoms with Crippen molar-refractivity contribution in [3.63, 3.8) is 0 Å². The predicted octanol–water partition coefficient (Wildman–Crippen LogP) is 3.52. The Labute approximate surface area is 131 Å². The van der Waals surface area contributed by atoms with Crippen LogP contribution in [0.2, 0.25) is 0 Å². The molecule has 1 atom stereocenters. The first-order valence-electron chi connectivity index (χ1n) is 6.55. The Morgan fingerprint density at radius 1 is 1.27 bits per heavy atom. The highest BCUT2D eigenvalue weighted by Crippen LogP contribution is 2.41. The van der Waals surface area contributed by atoms with E-state index in [-0.39, 0.29) is 0 Å². The lowest BCUT2D eigenvalue weighted by molar-refractivity contribution is -0.149. The molecule has 1 aromatic carbocycles. The Kier molecular flexibility index (Phi) is 3.33. The molecule has 0 saturated heterocycles. The maximum absolute atomic E-state index is 11.5. The highest BCUT2D eigenvalue weighted by Gasteiger charge is 2.46. The van der Waals surface area contributed by atoms with Gasteiger partial charge in [0.15, 0.2) is 11.4 Å². The van der Waals surface area contributed by atoms with Gasteiger partial charge in [-0.3, -0.25) is 0 Å². The second-order valence-corrected chi connectivity index (χ2v) is 5.96. The largest absolute Gasteiger partial charge is 0.505 e.